The number of nitrogens with two attached hydrogens (primary N) is 1. The van der Waals surface area contributed by atoms with Crippen molar-refractivity contribution < 1.29 is 13.5 Å². The first-order valence-corrected chi connectivity index (χ1v) is 6.47. The van der Waals surface area contributed by atoms with Gasteiger partial charge in [-0.05, 0) is 36.5 Å². The molecule has 0 bridgehead atoms. The number of hydrogen-bond acceptors (Lipinski definition) is 2. The molecule has 0 unspecified atom stereocenters. The Morgan fingerprint density at radius 3 is 2.16 bits per heavy atom. The van der Waals surface area contributed by atoms with Crippen LogP contribution < -0.4 is 10.5 Å². The number of halogens is 3. The van der Waals surface area contributed by atoms with Gasteiger partial charge >= 0.3 is 6.61 Å². The highest BCUT2D eigenvalue weighted by Gasteiger charge is 2.21. The summed E-state index contributed by atoms with van der Waals surface area (Å²) in [4.78, 5) is 0. The normalized spacial score (nSPS) is 17.9. The van der Waals surface area contributed by atoms with E-state index in [1.54, 1.807) is 24.3 Å². The van der Waals surface area contributed by atoms with Crippen LogP contribution in [0.15, 0.2) is 24.3 Å². The second-order valence-electron chi connectivity index (χ2n) is 4.87. The lowest BCUT2D eigenvalue weighted by Gasteiger charge is -2.27. The zero-order valence-electron chi connectivity index (χ0n) is 10.7. The molecule has 2 nitrogen and oxygen atoms in total. The Bertz CT molecular complexity index is 366. The van der Waals surface area contributed by atoms with E-state index < -0.39 is 6.61 Å². The molecule has 1 aliphatic rings. The monoisotopic (exact) mass is 291 g/mol. The Morgan fingerprint density at radius 1 is 1.05 bits per heavy atom. The van der Waals surface area contributed by atoms with Gasteiger partial charge in [-0.1, -0.05) is 31.4 Å². The van der Waals surface area contributed by atoms with Crippen LogP contribution in [0.4, 0.5) is 8.78 Å². The molecule has 0 aromatic heterocycles. The highest BCUT2D eigenvalue weighted by atomic mass is 35.5. The summed E-state index contributed by atoms with van der Waals surface area (Å²) in [6.07, 6.45) is 6.10. The van der Waals surface area contributed by atoms with Gasteiger partial charge in [0.2, 0.25) is 0 Å². The predicted molar refractivity (Wildman–Crippen MR) is 73.8 cm³/mol. The van der Waals surface area contributed by atoms with Crippen molar-refractivity contribution >= 4 is 12.4 Å². The Morgan fingerprint density at radius 2 is 1.63 bits per heavy atom. The van der Waals surface area contributed by atoms with Crippen molar-refractivity contribution in [2.75, 3.05) is 0 Å². The minimum absolute atomic E-state index is 0. The molecule has 1 aromatic rings. The molecule has 0 aliphatic heterocycles. The summed E-state index contributed by atoms with van der Waals surface area (Å²) in [6, 6.07) is 6.70. The van der Waals surface area contributed by atoms with Crippen molar-refractivity contribution in [2.24, 2.45) is 11.7 Å². The van der Waals surface area contributed by atoms with E-state index in [2.05, 4.69) is 4.74 Å². The molecule has 1 saturated carbocycles. The SMILES string of the molecule is Cl.N[C@@H](c1ccc(OC(F)F)cc1)C1CCCCC1. The highest BCUT2D eigenvalue weighted by molar-refractivity contribution is 5.85. The summed E-state index contributed by atoms with van der Waals surface area (Å²) in [6.45, 7) is -2.78. The molecule has 1 aromatic carbocycles. The smallest absolute Gasteiger partial charge is 0.387 e. The lowest BCUT2D eigenvalue weighted by atomic mass is 9.81. The summed E-state index contributed by atoms with van der Waals surface area (Å²) in [5.74, 6) is 0.699. The minimum Gasteiger partial charge on any atom is -0.435 e. The maximum absolute atomic E-state index is 12.0. The Hall–Kier alpha value is -0.870. The Kier molecular flexibility index (Phi) is 6.52. The van der Waals surface area contributed by atoms with E-state index in [-0.39, 0.29) is 24.2 Å². The quantitative estimate of drug-likeness (QED) is 0.898. The zero-order valence-corrected chi connectivity index (χ0v) is 11.5. The van der Waals surface area contributed by atoms with Gasteiger partial charge in [-0.25, -0.2) is 0 Å². The third-order valence-electron chi connectivity index (χ3n) is 3.65. The number of hydrogen-bond donors (Lipinski definition) is 1. The topological polar surface area (TPSA) is 35.2 Å². The van der Waals surface area contributed by atoms with E-state index >= 15 is 0 Å². The van der Waals surface area contributed by atoms with E-state index in [0.717, 1.165) is 18.4 Å². The van der Waals surface area contributed by atoms with Crippen LogP contribution in [0.2, 0.25) is 0 Å². The highest BCUT2D eigenvalue weighted by Crippen LogP contribution is 2.33. The fourth-order valence-corrected chi connectivity index (χ4v) is 2.64. The standard InChI is InChI=1S/C14H19F2NO.ClH/c15-14(16)18-12-8-6-11(7-9-12)13(17)10-4-2-1-3-5-10;/h6-10,13-14H,1-5,17H2;1H/t13-;/m1./s1. The fourth-order valence-electron chi connectivity index (χ4n) is 2.64. The molecular formula is C14H20ClF2NO. The van der Waals surface area contributed by atoms with Gasteiger partial charge in [-0.15, -0.1) is 12.4 Å². The van der Waals surface area contributed by atoms with E-state index in [1.807, 2.05) is 0 Å². The molecule has 0 saturated heterocycles. The lowest BCUT2D eigenvalue weighted by Crippen LogP contribution is -2.23. The van der Waals surface area contributed by atoms with Gasteiger partial charge in [0.1, 0.15) is 5.75 Å². The van der Waals surface area contributed by atoms with Crippen LogP contribution in [0.5, 0.6) is 5.75 Å². The van der Waals surface area contributed by atoms with Crippen LogP contribution >= 0.6 is 12.4 Å². The molecule has 19 heavy (non-hydrogen) atoms. The second kappa shape index (κ2) is 7.65. The molecule has 0 amide bonds. The number of benzene rings is 1. The first-order chi connectivity index (χ1) is 8.66. The fraction of sp³-hybridized carbons (Fsp3) is 0.571. The molecule has 1 aliphatic carbocycles. The molecule has 2 rings (SSSR count). The van der Waals surface area contributed by atoms with Gasteiger partial charge < -0.3 is 10.5 Å². The lowest BCUT2D eigenvalue weighted by molar-refractivity contribution is -0.0498. The van der Waals surface area contributed by atoms with Gasteiger partial charge in [-0.3, -0.25) is 0 Å². The summed E-state index contributed by atoms with van der Waals surface area (Å²) >= 11 is 0. The second-order valence-corrected chi connectivity index (χ2v) is 4.87. The number of ether oxygens (including phenoxy) is 1. The van der Waals surface area contributed by atoms with Crippen molar-refractivity contribution in [1.82, 2.24) is 0 Å². The van der Waals surface area contributed by atoms with Gasteiger partial charge in [0.25, 0.3) is 0 Å². The van der Waals surface area contributed by atoms with Crippen LogP contribution in [0.25, 0.3) is 0 Å². The summed E-state index contributed by atoms with van der Waals surface area (Å²) in [5, 5.41) is 0. The van der Waals surface area contributed by atoms with Crippen molar-refractivity contribution in [3.8, 4) is 5.75 Å². The van der Waals surface area contributed by atoms with E-state index in [9.17, 15) is 8.78 Å². The molecule has 0 radical (unpaired) electrons. The van der Waals surface area contributed by atoms with E-state index in [4.69, 9.17) is 5.73 Å². The zero-order chi connectivity index (χ0) is 13.0. The molecule has 0 heterocycles. The van der Waals surface area contributed by atoms with Gasteiger partial charge in [0.05, 0.1) is 0 Å². The molecule has 1 fully saturated rings. The third-order valence-corrected chi connectivity index (χ3v) is 3.65. The largest absolute Gasteiger partial charge is 0.435 e. The summed E-state index contributed by atoms with van der Waals surface area (Å²) < 4.78 is 28.4. The number of rotatable bonds is 4. The van der Waals surface area contributed by atoms with Crippen molar-refractivity contribution in [1.29, 1.82) is 0 Å². The first-order valence-electron chi connectivity index (χ1n) is 6.47. The Balaban J connectivity index is 0.00000180. The average molecular weight is 292 g/mol. The van der Waals surface area contributed by atoms with Gasteiger partial charge in [0.15, 0.2) is 0 Å². The van der Waals surface area contributed by atoms with Gasteiger partial charge in [0, 0.05) is 6.04 Å². The summed E-state index contributed by atoms with van der Waals surface area (Å²) in [7, 11) is 0. The first kappa shape index (κ1) is 16.2. The molecule has 1 atom stereocenters. The third kappa shape index (κ3) is 4.62. The van der Waals surface area contributed by atoms with Crippen LogP contribution in [0.3, 0.4) is 0 Å². The predicted octanol–water partition coefficient (Wildman–Crippen LogP) is 4.29. The number of alkyl halides is 2. The van der Waals surface area contributed by atoms with Crippen molar-refractivity contribution in [2.45, 2.75) is 44.8 Å². The van der Waals surface area contributed by atoms with Crippen molar-refractivity contribution in [3.63, 3.8) is 0 Å². The molecular weight excluding hydrogens is 272 g/mol. The van der Waals surface area contributed by atoms with Crippen LogP contribution in [0, 0.1) is 5.92 Å². The average Bonchev–Trinajstić information content (AvgIpc) is 2.39. The Labute approximate surface area is 118 Å². The molecule has 2 N–H and O–H groups in total. The van der Waals surface area contributed by atoms with E-state index in [0.29, 0.717) is 5.92 Å². The molecule has 108 valence electrons. The van der Waals surface area contributed by atoms with Crippen LogP contribution in [-0.2, 0) is 0 Å². The molecule has 0 spiro atoms. The minimum atomic E-state index is -2.78. The van der Waals surface area contributed by atoms with Gasteiger partial charge in [-0.2, -0.15) is 8.78 Å². The van der Waals surface area contributed by atoms with Crippen LogP contribution in [0.1, 0.15) is 43.7 Å². The van der Waals surface area contributed by atoms with E-state index in [1.165, 1.54) is 19.3 Å². The van der Waals surface area contributed by atoms with Crippen LogP contribution in [-0.4, -0.2) is 6.61 Å². The maximum Gasteiger partial charge on any atom is 0.387 e. The summed E-state index contributed by atoms with van der Waals surface area (Å²) in [5.41, 5.74) is 7.24. The van der Waals surface area contributed by atoms with Crippen molar-refractivity contribution in [3.05, 3.63) is 29.8 Å². The molecule has 5 heteroatoms. The maximum atomic E-state index is 12.0.